The van der Waals surface area contributed by atoms with Crippen molar-refractivity contribution in [3.8, 4) is 0 Å². The van der Waals surface area contributed by atoms with Gasteiger partial charge in [0.15, 0.2) is 0 Å². The number of hydrogen-bond donors (Lipinski definition) is 2. The highest BCUT2D eigenvalue weighted by Gasteiger charge is 2.28. The minimum Gasteiger partial charge on any atom is -0.271 e. The molecule has 3 unspecified atom stereocenters. The van der Waals surface area contributed by atoms with Crippen molar-refractivity contribution in [2.24, 2.45) is 17.7 Å². The van der Waals surface area contributed by atoms with Gasteiger partial charge in [-0.05, 0) is 37.5 Å². The fraction of sp³-hybridized carbons (Fsp3) is 1.00. The second-order valence-electron chi connectivity index (χ2n) is 6.21. The summed E-state index contributed by atoms with van der Waals surface area (Å²) in [5, 5.41) is 0.923. The van der Waals surface area contributed by atoms with E-state index in [1.54, 1.807) is 0 Å². The maximum atomic E-state index is 5.81. The van der Waals surface area contributed by atoms with Gasteiger partial charge in [0.05, 0.1) is 0 Å². The molecule has 0 heterocycles. The van der Waals surface area contributed by atoms with Gasteiger partial charge < -0.3 is 0 Å². The summed E-state index contributed by atoms with van der Waals surface area (Å²) in [4.78, 5) is 0. The van der Waals surface area contributed by atoms with Crippen molar-refractivity contribution in [1.29, 1.82) is 0 Å². The Labute approximate surface area is 117 Å². The summed E-state index contributed by atoms with van der Waals surface area (Å²) in [5.74, 6) is 8.81. The van der Waals surface area contributed by atoms with Crippen molar-refractivity contribution < 1.29 is 0 Å². The molecule has 2 rings (SSSR count). The van der Waals surface area contributed by atoms with E-state index in [4.69, 9.17) is 5.84 Å². The zero-order valence-corrected chi connectivity index (χ0v) is 12.7. The van der Waals surface area contributed by atoms with Crippen LogP contribution in [0.15, 0.2) is 0 Å². The van der Waals surface area contributed by atoms with E-state index in [2.05, 4.69) is 24.1 Å². The van der Waals surface area contributed by atoms with Gasteiger partial charge in [-0.3, -0.25) is 11.3 Å². The van der Waals surface area contributed by atoms with Crippen molar-refractivity contribution in [1.82, 2.24) is 5.43 Å². The lowest BCUT2D eigenvalue weighted by Gasteiger charge is -2.34. The summed E-state index contributed by atoms with van der Waals surface area (Å²) < 4.78 is 0. The van der Waals surface area contributed by atoms with Crippen molar-refractivity contribution in [2.75, 3.05) is 5.75 Å². The summed E-state index contributed by atoms with van der Waals surface area (Å²) in [7, 11) is 0. The minimum atomic E-state index is 0.546. The molecule has 0 aromatic rings. The van der Waals surface area contributed by atoms with E-state index in [1.165, 1.54) is 63.5 Å². The molecule has 0 bridgehead atoms. The van der Waals surface area contributed by atoms with E-state index >= 15 is 0 Å². The normalized spacial score (nSPS) is 31.7. The molecule has 3 heteroatoms. The van der Waals surface area contributed by atoms with Crippen molar-refractivity contribution >= 4 is 11.8 Å². The SMILES string of the molecule is CCC1CCCC(C(CSC2CCCC2)NN)C1. The first-order chi connectivity index (χ1) is 8.83. The Bertz CT molecular complexity index is 229. The topological polar surface area (TPSA) is 38.0 Å². The molecule has 18 heavy (non-hydrogen) atoms. The van der Waals surface area contributed by atoms with Gasteiger partial charge in [-0.1, -0.05) is 39.0 Å². The summed E-state index contributed by atoms with van der Waals surface area (Å²) >= 11 is 2.18. The molecule has 3 N–H and O–H groups in total. The van der Waals surface area contributed by atoms with Crippen LogP contribution in [0.2, 0.25) is 0 Å². The molecule has 0 aromatic heterocycles. The third-order valence-corrected chi connectivity index (χ3v) is 6.49. The van der Waals surface area contributed by atoms with Crippen LogP contribution in [0.5, 0.6) is 0 Å². The average Bonchev–Trinajstić information content (AvgIpc) is 2.93. The lowest BCUT2D eigenvalue weighted by molar-refractivity contribution is 0.219. The molecule has 2 aliphatic rings. The van der Waals surface area contributed by atoms with Crippen LogP contribution in [-0.2, 0) is 0 Å². The quantitative estimate of drug-likeness (QED) is 0.571. The Hall–Kier alpha value is 0.270. The smallest absolute Gasteiger partial charge is 0.0329 e. The molecule has 2 nitrogen and oxygen atoms in total. The van der Waals surface area contributed by atoms with E-state index in [9.17, 15) is 0 Å². The second kappa shape index (κ2) is 7.76. The molecule has 0 aromatic carbocycles. The van der Waals surface area contributed by atoms with Gasteiger partial charge in [0, 0.05) is 17.0 Å². The predicted octanol–water partition coefficient (Wildman–Crippen LogP) is 3.71. The van der Waals surface area contributed by atoms with Gasteiger partial charge in [-0.25, -0.2) is 0 Å². The predicted molar refractivity (Wildman–Crippen MR) is 81.6 cm³/mol. The lowest BCUT2D eigenvalue weighted by Crippen LogP contribution is -2.44. The Morgan fingerprint density at radius 2 is 1.94 bits per heavy atom. The standard InChI is InChI=1S/C15H30N2S/c1-2-12-6-5-7-13(10-12)15(17-16)11-18-14-8-3-4-9-14/h12-15,17H,2-11,16H2,1H3. The van der Waals surface area contributed by atoms with E-state index in [1.807, 2.05) is 0 Å². The first kappa shape index (κ1) is 14.7. The van der Waals surface area contributed by atoms with E-state index in [-0.39, 0.29) is 0 Å². The second-order valence-corrected chi connectivity index (χ2v) is 7.55. The van der Waals surface area contributed by atoms with Crippen LogP contribution >= 0.6 is 11.8 Å². The van der Waals surface area contributed by atoms with Gasteiger partial charge in [-0.2, -0.15) is 11.8 Å². The third kappa shape index (κ3) is 4.14. The molecular weight excluding hydrogens is 240 g/mol. The van der Waals surface area contributed by atoms with Gasteiger partial charge in [-0.15, -0.1) is 0 Å². The molecule has 2 aliphatic carbocycles. The molecule has 0 amide bonds. The van der Waals surface area contributed by atoms with Crippen LogP contribution < -0.4 is 11.3 Å². The Kier molecular flexibility index (Phi) is 6.33. The van der Waals surface area contributed by atoms with Crippen LogP contribution in [-0.4, -0.2) is 17.0 Å². The van der Waals surface area contributed by atoms with Crippen molar-refractivity contribution in [3.05, 3.63) is 0 Å². The largest absolute Gasteiger partial charge is 0.271 e. The number of thioether (sulfide) groups is 1. The maximum Gasteiger partial charge on any atom is 0.0329 e. The number of hydrogen-bond acceptors (Lipinski definition) is 3. The number of hydrazine groups is 1. The van der Waals surface area contributed by atoms with Crippen LogP contribution in [0, 0.1) is 11.8 Å². The zero-order valence-electron chi connectivity index (χ0n) is 11.9. The van der Waals surface area contributed by atoms with Gasteiger partial charge >= 0.3 is 0 Å². The molecule has 2 saturated carbocycles. The fourth-order valence-corrected chi connectivity index (χ4v) is 5.20. The highest BCUT2D eigenvalue weighted by atomic mass is 32.2. The van der Waals surface area contributed by atoms with E-state index in [0.717, 1.165) is 17.1 Å². The van der Waals surface area contributed by atoms with E-state index < -0.39 is 0 Å². The van der Waals surface area contributed by atoms with Gasteiger partial charge in [0.25, 0.3) is 0 Å². The number of rotatable bonds is 6. The molecule has 106 valence electrons. The van der Waals surface area contributed by atoms with Gasteiger partial charge in [0.1, 0.15) is 0 Å². The Balaban J connectivity index is 1.75. The van der Waals surface area contributed by atoms with Crippen molar-refractivity contribution in [2.45, 2.75) is 76.0 Å². The molecule has 3 atom stereocenters. The zero-order chi connectivity index (χ0) is 12.8. The monoisotopic (exact) mass is 270 g/mol. The molecule has 0 saturated heterocycles. The van der Waals surface area contributed by atoms with Crippen molar-refractivity contribution in [3.63, 3.8) is 0 Å². The maximum absolute atomic E-state index is 5.81. The highest BCUT2D eigenvalue weighted by Crippen LogP contribution is 2.35. The average molecular weight is 270 g/mol. The first-order valence-corrected chi connectivity index (χ1v) is 8.96. The molecule has 0 aliphatic heterocycles. The van der Waals surface area contributed by atoms with Crippen LogP contribution in [0.4, 0.5) is 0 Å². The van der Waals surface area contributed by atoms with E-state index in [0.29, 0.717) is 6.04 Å². The number of nitrogens with one attached hydrogen (secondary N) is 1. The summed E-state index contributed by atoms with van der Waals surface area (Å²) in [6.07, 6.45) is 12.8. The molecule has 0 radical (unpaired) electrons. The Morgan fingerprint density at radius 3 is 2.61 bits per heavy atom. The molecular formula is C15H30N2S. The van der Waals surface area contributed by atoms with Crippen LogP contribution in [0.1, 0.15) is 64.7 Å². The van der Waals surface area contributed by atoms with Gasteiger partial charge in [0.2, 0.25) is 0 Å². The number of nitrogens with two attached hydrogens (primary N) is 1. The fourth-order valence-electron chi connectivity index (χ4n) is 3.68. The molecule has 2 fully saturated rings. The van der Waals surface area contributed by atoms with Crippen LogP contribution in [0.3, 0.4) is 0 Å². The lowest BCUT2D eigenvalue weighted by atomic mass is 9.77. The highest BCUT2D eigenvalue weighted by molar-refractivity contribution is 7.99. The summed E-state index contributed by atoms with van der Waals surface area (Å²) in [6.45, 7) is 2.34. The third-order valence-electron chi connectivity index (χ3n) is 5.00. The minimum absolute atomic E-state index is 0.546. The summed E-state index contributed by atoms with van der Waals surface area (Å²) in [5.41, 5.74) is 3.12. The summed E-state index contributed by atoms with van der Waals surface area (Å²) in [6, 6.07) is 0.546. The molecule has 0 spiro atoms. The first-order valence-electron chi connectivity index (χ1n) is 7.91. The Morgan fingerprint density at radius 1 is 1.17 bits per heavy atom. The van der Waals surface area contributed by atoms with Crippen LogP contribution in [0.25, 0.3) is 0 Å².